The summed E-state index contributed by atoms with van der Waals surface area (Å²) >= 11 is 0. The van der Waals surface area contributed by atoms with Crippen molar-refractivity contribution in [2.24, 2.45) is 5.92 Å². The van der Waals surface area contributed by atoms with Crippen LogP contribution >= 0.6 is 0 Å². The monoisotopic (exact) mass is 262 g/mol. The molecule has 1 aromatic rings. The molecule has 1 saturated carbocycles. The highest BCUT2D eigenvalue weighted by Crippen LogP contribution is 2.34. The van der Waals surface area contributed by atoms with Crippen LogP contribution < -0.4 is 10.6 Å². The van der Waals surface area contributed by atoms with Gasteiger partial charge in [-0.25, -0.2) is 4.79 Å². The number of hydrogen-bond acceptors (Lipinski definition) is 2. The molecule has 19 heavy (non-hydrogen) atoms. The van der Waals surface area contributed by atoms with Crippen LogP contribution in [0.25, 0.3) is 0 Å². The van der Waals surface area contributed by atoms with Crippen LogP contribution in [0.4, 0.5) is 4.79 Å². The molecule has 0 radical (unpaired) electrons. The van der Waals surface area contributed by atoms with Gasteiger partial charge in [0.1, 0.15) is 0 Å². The average Bonchev–Trinajstić information content (AvgIpc) is 3.23. The summed E-state index contributed by atoms with van der Waals surface area (Å²) in [5.74, 6) is 0.593. The van der Waals surface area contributed by atoms with Gasteiger partial charge in [-0.3, -0.25) is 0 Å². The number of aliphatic hydroxyl groups is 1. The standard InChI is InChI=1S/C15H22N2O2/c1-11(10-18)16-15(19)17-14(13-7-8-13)9-12-5-3-2-4-6-12/h2-6,11,13-14,18H,7-10H2,1H3,(H2,16,17,19). The van der Waals surface area contributed by atoms with Crippen LogP contribution in [0.1, 0.15) is 25.3 Å². The molecule has 0 spiro atoms. The second-order valence-electron chi connectivity index (χ2n) is 5.34. The van der Waals surface area contributed by atoms with Crippen LogP contribution in [0.5, 0.6) is 0 Å². The van der Waals surface area contributed by atoms with Crippen LogP contribution in [0, 0.1) is 5.92 Å². The molecule has 1 aliphatic carbocycles. The van der Waals surface area contributed by atoms with Gasteiger partial charge in [0.05, 0.1) is 12.6 Å². The molecule has 2 atom stereocenters. The highest BCUT2D eigenvalue weighted by atomic mass is 16.3. The van der Waals surface area contributed by atoms with E-state index in [1.165, 1.54) is 18.4 Å². The Hall–Kier alpha value is -1.55. The molecule has 0 bridgehead atoms. The molecule has 3 N–H and O–H groups in total. The van der Waals surface area contributed by atoms with E-state index in [1.54, 1.807) is 6.92 Å². The predicted octanol–water partition coefficient (Wildman–Crippen LogP) is 1.69. The first-order chi connectivity index (χ1) is 9.19. The van der Waals surface area contributed by atoms with Gasteiger partial charge in [0.25, 0.3) is 0 Å². The van der Waals surface area contributed by atoms with E-state index in [9.17, 15) is 4.79 Å². The van der Waals surface area contributed by atoms with Crippen LogP contribution in [-0.2, 0) is 6.42 Å². The van der Waals surface area contributed by atoms with E-state index in [0.717, 1.165) is 6.42 Å². The molecule has 0 heterocycles. The van der Waals surface area contributed by atoms with Crippen molar-refractivity contribution in [1.82, 2.24) is 10.6 Å². The second kappa shape index (κ2) is 6.57. The van der Waals surface area contributed by atoms with Gasteiger partial charge in [-0.1, -0.05) is 30.3 Å². The number of hydrogen-bond donors (Lipinski definition) is 3. The van der Waals surface area contributed by atoms with Gasteiger partial charge >= 0.3 is 6.03 Å². The van der Waals surface area contributed by atoms with Crippen molar-refractivity contribution in [3.05, 3.63) is 35.9 Å². The average molecular weight is 262 g/mol. The maximum atomic E-state index is 11.8. The van der Waals surface area contributed by atoms with Crippen molar-refractivity contribution < 1.29 is 9.90 Å². The van der Waals surface area contributed by atoms with Gasteiger partial charge in [0.15, 0.2) is 0 Å². The summed E-state index contributed by atoms with van der Waals surface area (Å²) in [5.41, 5.74) is 1.25. The fourth-order valence-electron chi connectivity index (χ4n) is 2.18. The zero-order chi connectivity index (χ0) is 13.7. The van der Waals surface area contributed by atoms with Crippen molar-refractivity contribution in [1.29, 1.82) is 0 Å². The number of amides is 2. The van der Waals surface area contributed by atoms with Crippen molar-refractivity contribution >= 4 is 6.03 Å². The molecule has 1 fully saturated rings. The lowest BCUT2D eigenvalue weighted by Gasteiger charge is -2.20. The third-order valence-electron chi connectivity index (χ3n) is 3.46. The normalized spacial score (nSPS) is 17.6. The van der Waals surface area contributed by atoms with E-state index < -0.39 is 0 Å². The van der Waals surface area contributed by atoms with Crippen LogP contribution in [0.2, 0.25) is 0 Å². The topological polar surface area (TPSA) is 61.4 Å². The minimum atomic E-state index is -0.212. The van der Waals surface area contributed by atoms with Crippen molar-refractivity contribution in [2.75, 3.05) is 6.61 Å². The molecule has 4 nitrogen and oxygen atoms in total. The number of nitrogens with one attached hydrogen (secondary N) is 2. The van der Waals surface area contributed by atoms with Gasteiger partial charge < -0.3 is 15.7 Å². The van der Waals surface area contributed by atoms with Crippen molar-refractivity contribution in [3.8, 4) is 0 Å². The summed E-state index contributed by atoms with van der Waals surface area (Å²) in [6.07, 6.45) is 3.24. The Morgan fingerprint density at radius 1 is 1.32 bits per heavy atom. The first kappa shape index (κ1) is 13.9. The number of aliphatic hydroxyl groups excluding tert-OH is 1. The van der Waals surface area contributed by atoms with E-state index in [0.29, 0.717) is 5.92 Å². The van der Waals surface area contributed by atoms with Crippen LogP contribution in [0.15, 0.2) is 30.3 Å². The lowest BCUT2D eigenvalue weighted by atomic mass is 10.0. The molecular formula is C15H22N2O2. The third-order valence-corrected chi connectivity index (χ3v) is 3.46. The summed E-state index contributed by atoms with van der Waals surface area (Å²) in [5, 5.41) is 14.7. The van der Waals surface area contributed by atoms with E-state index in [4.69, 9.17) is 5.11 Å². The number of rotatable bonds is 6. The molecule has 1 aromatic carbocycles. The number of carbonyl (C=O) groups excluding carboxylic acids is 1. The summed E-state index contributed by atoms with van der Waals surface area (Å²) in [6.45, 7) is 1.74. The van der Waals surface area contributed by atoms with E-state index in [1.807, 2.05) is 18.2 Å². The molecule has 1 aliphatic rings. The fourth-order valence-corrected chi connectivity index (χ4v) is 2.18. The molecule has 0 aromatic heterocycles. The van der Waals surface area contributed by atoms with Gasteiger partial charge in [-0.2, -0.15) is 0 Å². The minimum absolute atomic E-state index is 0.0415. The van der Waals surface area contributed by atoms with E-state index in [-0.39, 0.29) is 24.7 Å². The molecular weight excluding hydrogens is 240 g/mol. The molecule has 2 unspecified atom stereocenters. The number of urea groups is 1. The predicted molar refractivity (Wildman–Crippen MR) is 74.9 cm³/mol. The SMILES string of the molecule is CC(CO)NC(=O)NC(Cc1ccccc1)C1CC1. The first-order valence-electron chi connectivity index (χ1n) is 6.91. The Labute approximate surface area is 114 Å². The summed E-state index contributed by atoms with van der Waals surface area (Å²) < 4.78 is 0. The Bertz CT molecular complexity index is 404. The highest BCUT2D eigenvalue weighted by molar-refractivity contribution is 5.74. The number of benzene rings is 1. The van der Waals surface area contributed by atoms with E-state index >= 15 is 0 Å². The highest BCUT2D eigenvalue weighted by Gasteiger charge is 2.32. The molecule has 2 rings (SSSR count). The Balaban J connectivity index is 1.88. The van der Waals surface area contributed by atoms with Gasteiger partial charge in [-0.15, -0.1) is 0 Å². The maximum absolute atomic E-state index is 11.8. The smallest absolute Gasteiger partial charge is 0.315 e. The third kappa shape index (κ3) is 4.56. The molecule has 0 saturated heterocycles. The molecule has 4 heteroatoms. The van der Waals surface area contributed by atoms with Crippen molar-refractivity contribution in [2.45, 2.75) is 38.3 Å². The minimum Gasteiger partial charge on any atom is -0.394 e. The Morgan fingerprint density at radius 3 is 2.58 bits per heavy atom. The summed E-state index contributed by atoms with van der Waals surface area (Å²) in [4.78, 5) is 11.8. The maximum Gasteiger partial charge on any atom is 0.315 e. The summed E-state index contributed by atoms with van der Waals surface area (Å²) in [6, 6.07) is 10.0. The Morgan fingerprint density at radius 2 is 2.00 bits per heavy atom. The molecule has 104 valence electrons. The largest absolute Gasteiger partial charge is 0.394 e. The summed E-state index contributed by atoms with van der Waals surface area (Å²) in [7, 11) is 0. The second-order valence-corrected chi connectivity index (χ2v) is 5.34. The lowest BCUT2D eigenvalue weighted by Crippen LogP contribution is -2.47. The van der Waals surface area contributed by atoms with E-state index in [2.05, 4.69) is 22.8 Å². The fraction of sp³-hybridized carbons (Fsp3) is 0.533. The van der Waals surface area contributed by atoms with Crippen LogP contribution in [0.3, 0.4) is 0 Å². The van der Waals surface area contributed by atoms with Gasteiger partial charge in [-0.05, 0) is 37.7 Å². The van der Waals surface area contributed by atoms with Gasteiger partial charge in [0.2, 0.25) is 0 Å². The van der Waals surface area contributed by atoms with Crippen LogP contribution in [-0.4, -0.2) is 29.8 Å². The molecule has 0 aliphatic heterocycles. The lowest BCUT2D eigenvalue weighted by molar-refractivity contribution is 0.216. The van der Waals surface area contributed by atoms with Crippen molar-refractivity contribution in [3.63, 3.8) is 0 Å². The zero-order valence-electron chi connectivity index (χ0n) is 11.3. The first-order valence-corrected chi connectivity index (χ1v) is 6.91. The number of carbonyl (C=O) groups is 1. The Kier molecular flexibility index (Phi) is 4.80. The quantitative estimate of drug-likeness (QED) is 0.730. The zero-order valence-corrected chi connectivity index (χ0v) is 11.3. The van der Waals surface area contributed by atoms with Gasteiger partial charge in [0, 0.05) is 6.04 Å². The molecule has 2 amide bonds.